The maximum absolute atomic E-state index is 13.4. The Bertz CT molecular complexity index is 600. The monoisotopic (exact) mass is 275 g/mol. The average Bonchev–Trinajstić information content (AvgIpc) is 2.50. The Morgan fingerprint density at radius 1 is 1.25 bits per heavy atom. The quantitative estimate of drug-likeness (QED) is 0.605. The van der Waals surface area contributed by atoms with Crippen LogP contribution in [-0.2, 0) is 6.42 Å². The van der Waals surface area contributed by atoms with Gasteiger partial charge in [0, 0.05) is 17.0 Å². The van der Waals surface area contributed by atoms with Gasteiger partial charge in [0.25, 0.3) is 0 Å². The van der Waals surface area contributed by atoms with Gasteiger partial charge >= 0.3 is 0 Å². The number of aromatic hydroxyl groups is 1. The first kappa shape index (κ1) is 17.9. The van der Waals surface area contributed by atoms with E-state index in [0.717, 1.165) is 5.56 Å². The van der Waals surface area contributed by atoms with Gasteiger partial charge in [-0.15, -0.1) is 6.42 Å². The van der Waals surface area contributed by atoms with Crippen molar-refractivity contribution in [3.05, 3.63) is 35.4 Å². The summed E-state index contributed by atoms with van der Waals surface area (Å²) in [6, 6.07) is 3.13. The predicted molar refractivity (Wildman–Crippen MR) is 83.4 cm³/mol. The zero-order chi connectivity index (χ0) is 15.7. The molecule has 1 N–H and O–H groups in total. The number of fused-ring (bicyclic) bond motifs is 1. The third-order valence-electron chi connectivity index (χ3n) is 2.53. The molecule has 2 rings (SSSR count). The zero-order valence-corrected chi connectivity index (χ0v) is 12.8. The lowest BCUT2D eigenvalue weighted by Crippen LogP contribution is -1.94. The zero-order valence-electron chi connectivity index (χ0n) is 12.8. The van der Waals surface area contributed by atoms with E-state index in [4.69, 9.17) is 6.42 Å². The second-order valence-electron chi connectivity index (χ2n) is 3.49. The third-order valence-corrected chi connectivity index (χ3v) is 2.53. The van der Waals surface area contributed by atoms with E-state index in [1.165, 1.54) is 12.3 Å². The van der Waals surface area contributed by atoms with Crippen LogP contribution >= 0.6 is 0 Å². The highest BCUT2D eigenvalue weighted by Crippen LogP contribution is 2.28. The van der Waals surface area contributed by atoms with Crippen LogP contribution in [0.1, 0.15) is 45.7 Å². The summed E-state index contributed by atoms with van der Waals surface area (Å²) in [5.41, 5.74) is 0.985. The van der Waals surface area contributed by atoms with E-state index < -0.39 is 5.95 Å². The number of rotatable bonds is 1. The summed E-state index contributed by atoms with van der Waals surface area (Å²) in [5, 5.41) is 10.8. The highest BCUT2D eigenvalue weighted by atomic mass is 19.1. The maximum atomic E-state index is 13.4. The summed E-state index contributed by atoms with van der Waals surface area (Å²) in [4.78, 5) is 3.57. The molecular formula is C17H22FNO. The van der Waals surface area contributed by atoms with E-state index in [0.29, 0.717) is 17.2 Å². The molecule has 2 nitrogen and oxygen atoms in total. The van der Waals surface area contributed by atoms with Crippen molar-refractivity contribution in [2.45, 2.75) is 41.0 Å². The fourth-order valence-electron chi connectivity index (χ4n) is 1.82. The van der Waals surface area contributed by atoms with Crippen LogP contribution in [0.2, 0.25) is 0 Å². The van der Waals surface area contributed by atoms with Crippen LogP contribution in [0, 0.1) is 18.3 Å². The van der Waals surface area contributed by atoms with E-state index in [1.54, 1.807) is 6.07 Å². The number of benzene rings is 1. The second-order valence-corrected chi connectivity index (χ2v) is 3.49. The number of pyridine rings is 1. The fourth-order valence-corrected chi connectivity index (χ4v) is 1.82. The van der Waals surface area contributed by atoms with Crippen molar-refractivity contribution in [3.8, 4) is 18.1 Å². The summed E-state index contributed by atoms with van der Waals surface area (Å²) >= 11 is 0. The molecule has 0 fully saturated rings. The SMILES string of the molecule is C#Cc1c(F)ncc2cc(O)cc(CC)c12.CC.CC. The Kier molecular flexibility index (Phi) is 8.00. The Hall–Kier alpha value is -2.08. The van der Waals surface area contributed by atoms with Gasteiger partial charge in [0.05, 0.1) is 5.56 Å². The van der Waals surface area contributed by atoms with E-state index in [-0.39, 0.29) is 11.3 Å². The summed E-state index contributed by atoms with van der Waals surface area (Å²) in [6.45, 7) is 9.92. The highest BCUT2D eigenvalue weighted by molar-refractivity contribution is 5.91. The molecule has 0 radical (unpaired) electrons. The van der Waals surface area contributed by atoms with Gasteiger partial charge in [0.1, 0.15) is 5.75 Å². The van der Waals surface area contributed by atoms with Gasteiger partial charge in [-0.25, -0.2) is 4.98 Å². The summed E-state index contributed by atoms with van der Waals surface area (Å²) in [5.74, 6) is 1.81. The first-order valence-corrected chi connectivity index (χ1v) is 6.94. The van der Waals surface area contributed by atoms with Gasteiger partial charge in [-0.3, -0.25) is 0 Å². The molecule has 0 amide bonds. The Morgan fingerprint density at radius 3 is 2.35 bits per heavy atom. The van der Waals surface area contributed by atoms with Gasteiger partial charge in [0.15, 0.2) is 0 Å². The third kappa shape index (κ3) is 3.71. The molecule has 0 spiro atoms. The van der Waals surface area contributed by atoms with Crippen molar-refractivity contribution >= 4 is 10.8 Å². The van der Waals surface area contributed by atoms with E-state index in [1.807, 2.05) is 34.6 Å². The molecule has 3 heteroatoms. The van der Waals surface area contributed by atoms with Crippen LogP contribution in [0.15, 0.2) is 18.3 Å². The number of aromatic nitrogens is 1. The van der Waals surface area contributed by atoms with Crippen molar-refractivity contribution in [3.63, 3.8) is 0 Å². The van der Waals surface area contributed by atoms with Gasteiger partial charge in [-0.05, 0) is 24.1 Å². The lowest BCUT2D eigenvalue weighted by molar-refractivity contribution is 0.475. The summed E-state index contributed by atoms with van der Waals surface area (Å²) in [7, 11) is 0. The van der Waals surface area contributed by atoms with Crippen molar-refractivity contribution in [1.29, 1.82) is 0 Å². The molecule has 0 bridgehead atoms. The van der Waals surface area contributed by atoms with Crippen LogP contribution in [0.5, 0.6) is 5.75 Å². The van der Waals surface area contributed by atoms with E-state index in [9.17, 15) is 9.50 Å². The molecule has 1 aromatic carbocycles. The minimum Gasteiger partial charge on any atom is -0.508 e. The number of nitrogens with zero attached hydrogens (tertiary/aromatic N) is 1. The van der Waals surface area contributed by atoms with Crippen LogP contribution in [0.3, 0.4) is 0 Å². The normalized spacial score (nSPS) is 8.85. The van der Waals surface area contributed by atoms with E-state index in [2.05, 4.69) is 10.9 Å². The van der Waals surface area contributed by atoms with Gasteiger partial charge < -0.3 is 5.11 Å². The van der Waals surface area contributed by atoms with Crippen molar-refractivity contribution in [2.75, 3.05) is 0 Å². The molecule has 1 aromatic heterocycles. The van der Waals surface area contributed by atoms with Crippen LogP contribution in [0.25, 0.3) is 10.8 Å². The standard InChI is InChI=1S/C13H10FNO.2C2H6/c1-3-8-5-10(16)6-9-7-15-13(14)11(4-2)12(8)9;2*1-2/h2,5-7,16H,3H2,1H3;2*1-2H3. The molecule has 0 aliphatic rings. The molecule has 0 unspecified atom stereocenters. The fraction of sp³-hybridized carbons (Fsp3) is 0.353. The summed E-state index contributed by atoms with van der Waals surface area (Å²) < 4.78 is 13.4. The Balaban J connectivity index is 0.000000829. The molecule has 1 heterocycles. The van der Waals surface area contributed by atoms with Crippen LogP contribution in [0.4, 0.5) is 4.39 Å². The molecule has 20 heavy (non-hydrogen) atoms. The number of hydrogen-bond donors (Lipinski definition) is 1. The molecule has 108 valence electrons. The Morgan fingerprint density at radius 2 is 1.85 bits per heavy atom. The smallest absolute Gasteiger partial charge is 0.229 e. The van der Waals surface area contributed by atoms with Crippen LogP contribution < -0.4 is 0 Å². The minimum atomic E-state index is -0.643. The van der Waals surface area contributed by atoms with Crippen molar-refractivity contribution < 1.29 is 9.50 Å². The Labute approximate surface area is 120 Å². The lowest BCUT2D eigenvalue weighted by atomic mass is 9.99. The number of phenols is 1. The molecule has 0 saturated carbocycles. The molecule has 0 atom stereocenters. The first-order chi connectivity index (χ1) is 9.67. The molecule has 0 aliphatic carbocycles. The first-order valence-electron chi connectivity index (χ1n) is 6.94. The number of halogens is 1. The topological polar surface area (TPSA) is 33.1 Å². The molecule has 0 saturated heterocycles. The van der Waals surface area contributed by atoms with Crippen molar-refractivity contribution in [1.82, 2.24) is 4.98 Å². The average molecular weight is 275 g/mol. The highest BCUT2D eigenvalue weighted by Gasteiger charge is 2.11. The van der Waals surface area contributed by atoms with Gasteiger partial charge in [-0.2, -0.15) is 4.39 Å². The number of aryl methyl sites for hydroxylation is 1. The van der Waals surface area contributed by atoms with Gasteiger partial charge in [-0.1, -0.05) is 40.5 Å². The molecular weight excluding hydrogens is 253 g/mol. The maximum Gasteiger partial charge on any atom is 0.229 e. The second kappa shape index (κ2) is 8.92. The minimum absolute atomic E-state index is 0.140. The van der Waals surface area contributed by atoms with Crippen LogP contribution in [-0.4, -0.2) is 10.1 Å². The summed E-state index contributed by atoms with van der Waals surface area (Å²) in [6.07, 6.45) is 7.33. The largest absolute Gasteiger partial charge is 0.508 e. The lowest BCUT2D eigenvalue weighted by Gasteiger charge is -2.08. The number of phenolic OH excluding ortho intramolecular Hbond substituents is 1. The predicted octanol–water partition coefficient (Wildman–Crippen LogP) is 4.68. The number of hydrogen-bond acceptors (Lipinski definition) is 2. The molecule has 0 aliphatic heterocycles. The van der Waals surface area contributed by atoms with Gasteiger partial charge in [0.2, 0.25) is 5.95 Å². The van der Waals surface area contributed by atoms with Crippen molar-refractivity contribution in [2.24, 2.45) is 0 Å². The van der Waals surface area contributed by atoms with E-state index >= 15 is 0 Å². The molecule has 2 aromatic rings. The number of terminal acetylenes is 1.